The van der Waals surface area contributed by atoms with Crippen LogP contribution in [0.2, 0.25) is 0 Å². The zero-order chi connectivity index (χ0) is 14.9. The summed E-state index contributed by atoms with van der Waals surface area (Å²) >= 11 is 0. The van der Waals surface area contributed by atoms with Crippen LogP contribution in [0.5, 0.6) is 0 Å². The van der Waals surface area contributed by atoms with Crippen molar-refractivity contribution in [3.05, 3.63) is 29.1 Å². The van der Waals surface area contributed by atoms with Crippen LogP contribution in [0.15, 0.2) is 12.1 Å². The van der Waals surface area contributed by atoms with Crippen molar-refractivity contribution in [3.8, 4) is 0 Å². The molecular weight excluding hydrogens is 261 g/mol. The summed E-state index contributed by atoms with van der Waals surface area (Å²) in [4.78, 5) is 11.9. The highest BCUT2D eigenvalue weighted by atomic mass is 19.1. The predicted molar refractivity (Wildman–Crippen MR) is 74.0 cm³/mol. The first-order valence-electron chi connectivity index (χ1n) is 6.69. The van der Waals surface area contributed by atoms with Crippen molar-refractivity contribution in [2.75, 3.05) is 12.3 Å². The number of carbonyl (C=O) groups is 1. The second-order valence-electron chi connectivity index (χ2n) is 5.81. The number of ether oxygens (including phenoxy) is 2. The molecule has 0 amide bonds. The maximum Gasteiger partial charge on any atom is 0.338 e. The van der Waals surface area contributed by atoms with Crippen LogP contribution >= 0.6 is 0 Å². The molecule has 20 heavy (non-hydrogen) atoms. The van der Waals surface area contributed by atoms with Gasteiger partial charge in [0.2, 0.25) is 0 Å². The highest BCUT2D eigenvalue weighted by Crippen LogP contribution is 2.29. The molecule has 0 spiro atoms. The van der Waals surface area contributed by atoms with Crippen molar-refractivity contribution in [2.45, 2.75) is 45.3 Å². The standard InChI is InChI=1S/C15H20FNO3/c1-9-12(16)6-10(7-13(9)17)14(18)19-8-11-4-5-15(2,3)20-11/h6-7,11H,4-5,8,17H2,1-3H3. The van der Waals surface area contributed by atoms with E-state index in [2.05, 4.69) is 0 Å². The van der Waals surface area contributed by atoms with Gasteiger partial charge < -0.3 is 15.2 Å². The first-order chi connectivity index (χ1) is 9.28. The van der Waals surface area contributed by atoms with Gasteiger partial charge in [0, 0.05) is 11.3 Å². The third-order valence-corrected chi connectivity index (χ3v) is 3.57. The van der Waals surface area contributed by atoms with E-state index >= 15 is 0 Å². The SMILES string of the molecule is Cc1c(N)cc(C(=O)OCC2CCC(C)(C)O2)cc1F. The van der Waals surface area contributed by atoms with Crippen LogP contribution in [0.25, 0.3) is 0 Å². The van der Waals surface area contributed by atoms with Crippen LogP contribution in [-0.4, -0.2) is 24.3 Å². The molecule has 1 atom stereocenters. The van der Waals surface area contributed by atoms with Crippen molar-refractivity contribution in [1.82, 2.24) is 0 Å². The van der Waals surface area contributed by atoms with Gasteiger partial charge in [0.25, 0.3) is 0 Å². The quantitative estimate of drug-likeness (QED) is 0.683. The van der Waals surface area contributed by atoms with E-state index in [-0.39, 0.29) is 29.6 Å². The van der Waals surface area contributed by atoms with Gasteiger partial charge in [-0.05, 0) is 45.7 Å². The van der Waals surface area contributed by atoms with E-state index in [0.717, 1.165) is 18.9 Å². The summed E-state index contributed by atoms with van der Waals surface area (Å²) in [5.74, 6) is -1.08. The second kappa shape index (κ2) is 5.40. The van der Waals surface area contributed by atoms with Gasteiger partial charge in [-0.1, -0.05) is 0 Å². The minimum Gasteiger partial charge on any atom is -0.459 e. The van der Waals surface area contributed by atoms with Gasteiger partial charge in [0.05, 0.1) is 17.3 Å². The summed E-state index contributed by atoms with van der Waals surface area (Å²) in [6, 6.07) is 2.58. The lowest BCUT2D eigenvalue weighted by Crippen LogP contribution is -2.24. The molecule has 1 fully saturated rings. The third-order valence-electron chi connectivity index (χ3n) is 3.57. The van der Waals surface area contributed by atoms with Crippen molar-refractivity contribution in [2.24, 2.45) is 0 Å². The van der Waals surface area contributed by atoms with Crippen LogP contribution in [0.3, 0.4) is 0 Å². The summed E-state index contributed by atoms with van der Waals surface area (Å²) in [6.07, 6.45) is 1.69. The molecule has 0 aliphatic carbocycles. The molecule has 2 N–H and O–H groups in total. The van der Waals surface area contributed by atoms with Crippen LogP contribution in [0.4, 0.5) is 10.1 Å². The number of esters is 1. The van der Waals surface area contributed by atoms with Crippen molar-refractivity contribution in [3.63, 3.8) is 0 Å². The number of hydrogen-bond acceptors (Lipinski definition) is 4. The van der Waals surface area contributed by atoms with Crippen molar-refractivity contribution in [1.29, 1.82) is 0 Å². The summed E-state index contributed by atoms with van der Waals surface area (Å²) in [7, 11) is 0. The van der Waals surface area contributed by atoms with Gasteiger partial charge in [-0.3, -0.25) is 0 Å². The number of halogens is 1. The predicted octanol–water partition coefficient (Wildman–Crippen LogP) is 2.83. The molecule has 2 rings (SSSR count). The Morgan fingerprint density at radius 3 is 2.80 bits per heavy atom. The summed E-state index contributed by atoms with van der Waals surface area (Å²) < 4.78 is 24.4. The smallest absolute Gasteiger partial charge is 0.338 e. The molecule has 1 unspecified atom stereocenters. The molecule has 1 aliphatic heterocycles. The molecule has 1 aromatic carbocycles. The minimum atomic E-state index is -0.580. The van der Waals surface area contributed by atoms with Crippen LogP contribution < -0.4 is 5.73 Å². The maximum absolute atomic E-state index is 13.5. The van der Waals surface area contributed by atoms with Gasteiger partial charge in [-0.2, -0.15) is 0 Å². The van der Waals surface area contributed by atoms with Crippen molar-refractivity contribution < 1.29 is 18.7 Å². The number of hydrogen-bond donors (Lipinski definition) is 1. The lowest BCUT2D eigenvalue weighted by atomic mass is 10.1. The van der Waals surface area contributed by atoms with E-state index in [1.165, 1.54) is 6.07 Å². The lowest BCUT2D eigenvalue weighted by Gasteiger charge is -2.19. The van der Waals surface area contributed by atoms with Crippen LogP contribution in [0.1, 0.15) is 42.6 Å². The molecule has 5 heteroatoms. The number of nitrogens with two attached hydrogens (primary N) is 1. The monoisotopic (exact) mass is 281 g/mol. The van der Waals surface area contributed by atoms with E-state index in [9.17, 15) is 9.18 Å². The zero-order valence-electron chi connectivity index (χ0n) is 12.0. The van der Waals surface area contributed by atoms with Crippen LogP contribution in [-0.2, 0) is 9.47 Å². The molecule has 0 aromatic heterocycles. The minimum absolute atomic E-state index is 0.0957. The molecule has 0 saturated carbocycles. The third kappa shape index (κ3) is 3.28. The Kier molecular flexibility index (Phi) is 3.99. The Hall–Kier alpha value is -1.62. The molecule has 4 nitrogen and oxygen atoms in total. The second-order valence-corrected chi connectivity index (χ2v) is 5.81. The molecule has 1 heterocycles. The Morgan fingerprint density at radius 2 is 2.25 bits per heavy atom. The molecule has 110 valence electrons. The summed E-state index contributed by atoms with van der Waals surface area (Å²) in [6.45, 7) is 5.75. The van der Waals surface area contributed by atoms with Gasteiger partial charge in [-0.25, -0.2) is 9.18 Å². The molecule has 1 saturated heterocycles. The molecule has 0 radical (unpaired) electrons. The van der Waals surface area contributed by atoms with Gasteiger partial charge in [0.15, 0.2) is 0 Å². The van der Waals surface area contributed by atoms with Gasteiger partial charge >= 0.3 is 5.97 Å². The topological polar surface area (TPSA) is 61.6 Å². The Labute approximate surface area is 118 Å². The Bertz CT molecular complexity index is 505. The summed E-state index contributed by atoms with van der Waals surface area (Å²) in [5, 5.41) is 0. The lowest BCUT2D eigenvalue weighted by molar-refractivity contribution is -0.0444. The summed E-state index contributed by atoms with van der Waals surface area (Å²) in [5.41, 5.74) is 6.18. The maximum atomic E-state index is 13.5. The van der Waals surface area contributed by atoms with E-state index in [1.54, 1.807) is 6.92 Å². The Morgan fingerprint density at radius 1 is 1.55 bits per heavy atom. The number of rotatable bonds is 3. The fraction of sp³-hybridized carbons (Fsp3) is 0.533. The van der Waals surface area contributed by atoms with Crippen LogP contribution in [0, 0.1) is 12.7 Å². The molecule has 1 aromatic rings. The molecule has 0 bridgehead atoms. The van der Waals surface area contributed by atoms with Gasteiger partial charge in [0.1, 0.15) is 12.4 Å². The van der Waals surface area contributed by atoms with Gasteiger partial charge in [-0.15, -0.1) is 0 Å². The fourth-order valence-corrected chi connectivity index (χ4v) is 2.26. The number of nitrogen functional groups attached to an aromatic ring is 1. The zero-order valence-corrected chi connectivity index (χ0v) is 12.0. The largest absolute Gasteiger partial charge is 0.459 e. The fourth-order valence-electron chi connectivity index (χ4n) is 2.26. The van der Waals surface area contributed by atoms with E-state index < -0.39 is 11.8 Å². The first-order valence-corrected chi connectivity index (χ1v) is 6.69. The Balaban J connectivity index is 1.96. The number of carbonyl (C=O) groups excluding carboxylic acids is 1. The highest BCUT2D eigenvalue weighted by Gasteiger charge is 2.32. The average Bonchev–Trinajstić information content (AvgIpc) is 2.72. The highest BCUT2D eigenvalue weighted by molar-refractivity contribution is 5.90. The number of anilines is 1. The normalized spacial score (nSPS) is 20.9. The van der Waals surface area contributed by atoms with E-state index in [0.29, 0.717) is 5.56 Å². The molecule has 1 aliphatic rings. The average molecular weight is 281 g/mol. The number of benzene rings is 1. The molecular formula is C15H20FNO3. The van der Waals surface area contributed by atoms with Crippen molar-refractivity contribution >= 4 is 11.7 Å². The van der Waals surface area contributed by atoms with E-state index in [1.807, 2.05) is 13.8 Å². The van der Waals surface area contributed by atoms with E-state index in [4.69, 9.17) is 15.2 Å². The first kappa shape index (κ1) is 14.8.